The van der Waals surface area contributed by atoms with E-state index in [-0.39, 0.29) is 11.7 Å². The molecule has 0 bridgehead atoms. The first-order valence-corrected chi connectivity index (χ1v) is 10.5. The van der Waals surface area contributed by atoms with E-state index in [2.05, 4.69) is 34.3 Å². The second-order valence-electron chi connectivity index (χ2n) is 6.00. The van der Waals surface area contributed by atoms with Crippen molar-refractivity contribution in [2.24, 2.45) is 0 Å². The fourth-order valence-electron chi connectivity index (χ4n) is 2.40. The highest BCUT2D eigenvalue weighted by Crippen LogP contribution is 2.32. The van der Waals surface area contributed by atoms with E-state index in [1.54, 1.807) is 31.3 Å². The molecule has 1 amide bonds. The lowest BCUT2D eigenvalue weighted by Gasteiger charge is -2.08. The fourth-order valence-corrected chi connectivity index (χ4v) is 4.25. The molecule has 5 nitrogen and oxygen atoms in total. The van der Waals surface area contributed by atoms with Crippen LogP contribution in [0, 0.1) is 6.92 Å². The lowest BCUT2D eigenvalue weighted by Crippen LogP contribution is -2.24. The number of nitrogens with zero attached hydrogens (tertiary/aromatic N) is 2. The van der Waals surface area contributed by atoms with Gasteiger partial charge in [-0.3, -0.25) is 4.79 Å². The molecule has 3 aromatic rings. The molecule has 0 aliphatic rings. The maximum atomic E-state index is 12.2. The number of amides is 1. The molecule has 7 heteroatoms. The SMILES string of the molecule is COc1ccc(CNC(=O)CSc2nccnc2Sc2cccc(C)c2)cc1. The molecule has 0 unspecified atom stereocenters. The lowest BCUT2D eigenvalue weighted by molar-refractivity contribution is -0.118. The molecule has 0 radical (unpaired) electrons. The van der Waals surface area contributed by atoms with Gasteiger partial charge in [0.15, 0.2) is 0 Å². The van der Waals surface area contributed by atoms with Gasteiger partial charge in [-0.1, -0.05) is 53.4 Å². The van der Waals surface area contributed by atoms with Crippen LogP contribution in [0.5, 0.6) is 5.75 Å². The summed E-state index contributed by atoms with van der Waals surface area (Å²) in [6, 6.07) is 15.9. The Bertz CT molecular complexity index is 933. The lowest BCUT2D eigenvalue weighted by atomic mass is 10.2. The monoisotopic (exact) mass is 411 g/mol. The number of benzene rings is 2. The Morgan fingerprint density at radius 2 is 1.82 bits per heavy atom. The van der Waals surface area contributed by atoms with Gasteiger partial charge in [-0.05, 0) is 36.8 Å². The maximum Gasteiger partial charge on any atom is 0.230 e. The van der Waals surface area contributed by atoms with Crippen molar-refractivity contribution < 1.29 is 9.53 Å². The van der Waals surface area contributed by atoms with Crippen molar-refractivity contribution in [1.29, 1.82) is 0 Å². The zero-order valence-electron chi connectivity index (χ0n) is 15.7. The highest BCUT2D eigenvalue weighted by Gasteiger charge is 2.11. The van der Waals surface area contributed by atoms with Gasteiger partial charge >= 0.3 is 0 Å². The molecule has 0 atom stereocenters. The molecule has 0 aliphatic heterocycles. The third-order valence-corrected chi connectivity index (χ3v) is 5.92. The van der Waals surface area contributed by atoms with E-state index >= 15 is 0 Å². The van der Waals surface area contributed by atoms with Crippen LogP contribution >= 0.6 is 23.5 Å². The molecular weight excluding hydrogens is 390 g/mol. The minimum atomic E-state index is -0.0435. The third kappa shape index (κ3) is 6.00. The van der Waals surface area contributed by atoms with Crippen LogP contribution in [0.1, 0.15) is 11.1 Å². The van der Waals surface area contributed by atoms with Gasteiger partial charge in [0.25, 0.3) is 0 Å². The van der Waals surface area contributed by atoms with Crippen molar-refractivity contribution >= 4 is 29.4 Å². The van der Waals surface area contributed by atoms with Gasteiger partial charge in [0.05, 0.1) is 12.9 Å². The van der Waals surface area contributed by atoms with E-state index in [0.29, 0.717) is 6.54 Å². The number of methoxy groups -OCH3 is 1. The molecule has 1 N–H and O–H groups in total. The van der Waals surface area contributed by atoms with Crippen molar-refractivity contribution in [3.63, 3.8) is 0 Å². The standard InChI is InChI=1S/C21H21N3O2S2/c1-15-4-3-5-18(12-15)28-21-20(22-10-11-23-21)27-14-19(25)24-13-16-6-8-17(26-2)9-7-16/h3-12H,13-14H2,1-2H3,(H,24,25). The van der Waals surface area contributed by atoms with Gasteiger partial charge in [0, 0.05) is 23.8 Å². The van der Waals surface area contributed by atoms with Crippen LogP contribution in [0.2, 0.25) is 0 Å². The topological polar surface area (TPSA) is 64.1 Å². The Kier molecular flexibility index (Phi) is 7.33. The Labute approximate surface area is 173 Å². The zero-order chi connectivity index (χ0) is 19.8. The number of hydrogen-bond donors (Lipinski definition) is 1. The summed E-state index contributed by atoms with van der Waals surface area (Å²) in [5, 5.41) is 4.49. The zero-order valence-corrected chi connectivity index (χ0v) is 17.3. The summed E-state index contributed by atoms with van der Waals surface area (Å²) in [7, 11) is 1.63. The van der Waals surface area contributed by atoms with Crippen LogP contribution in [0.4, 0.5) is 0 Å². The van der Waals surface area contributed by atoms with Crippen molar-refractivity contribution in [2.45, 2.75) is 28.4 Å². The van der Waals surface area contributed by atoms with Crippen LogP contribution in [0.15, 0.2) is 75.9 Å². The minimum absolute atomic E-state index is 0.0435. The van der Waals surface area contributed by atoms with Crippen LogP contribution in [0.25, 0.3) is 0 Å². The summed E-state index contributed by atoms with van der Waals surface area (Å²) in [5.41, 5.74) is 2.22. The number of ether oxygens (including phenoxy) is 1. The number of rotatable bonds is 8. The average molecular weight is 412 g/mol. The molecule has 0 spiro atoms. The summed E-state index contributed by atoms with van der Waals surface area (Å²) in [5.74, 6) is 1.04. The van der Waals surface area contributed by atoms with Crippen LogP contribution in [-0.2, 0) is 11.3 Å². The van der Waals surface area contributed by atoms with E-state index in [4.69, 9.17) is 4.74 Å². The molecule has 2 aromatic carbocycles. The quantitative estimate of drug-likeness (QED) is 0.556. The number of aryl methyl sites for hydroxylation is 1. The fraction of sp³-hybridized carbons (Fsp3) is 0.190. The van der Waals surface area contributed by atoms with Gasteiger partial charge in [-0.25, -0.2) is 9.97 Å². The van der Waals surface area contributed by atoms with Crippen LogP contribution in [0.3, 0.4) is 0 Å². The Hall–Kier alpha value is -2.51. The van der Waals surface area contributed by atoms with Gasteiger partial charge in [0.2, 0.25) is 5.91 Å². The minimum Gasteiger partial charge on any atom is -0.497 e. The largest absolute Gasteiger partial charge is 0.497 e. The summed E-state index contributed by atoms with van der Waals surface area (Å²) in [4.78, 5) is 22.1. The Morgan fingerprint density at radius 3 is 2.54 bits per heavy atom. The highest BCUT2D eigenvalue weighted by atomic mass is 32.2. The molecule has 28 heavy (non-hydrogen) atoms. The second kappa shape index (κ2) is 10.1. The number of thioether (sulfide) groups is 1. The third-order valence-electron chi connectivity index (χ3n) is 3.83. The number of carbonyl (C=O) groups excluding carboxylic acids is 1. The molecule has 1 heterocycles. The van der Waals surface area contributed by atoms with E-state index in [9.17, 15) is 4.79 Å². The molecular formula is C21H21N3O2S2. The second-order valence-corrected chi connectivity index (χ2v) is 8.02. The average Bonchev–Trinajstić information content (AvgIpc) is 2.72. The van der Waals surface area contributed by atoms with Crippen LogP contribution < -0.4 is 10.1 Å². The normalized spacial score (nSPS) is 10.5. The number of carbonyl (C=O) groups is 1. The molecule has 0 saturated heterocycles. The van der Waals surface area contributed by atoms with Gasteiger partial charge in [-0.2, -0.15) is 0 Å². The van der Waals surface area contributed by atoms with Crippen LogP contribution in [-0.4, -0.2) is 28.7 Å². The predicted octanol–water partition coefficient (Wildman–Crippen LogP) is 4.35. The summed E-state index contributed by atoms with van der Waals surface area (Å²) >= 11 is 2.95. The highest BCUT2D eigenvalue weighted by molar-refractivity contribution is 8.02. The number of nitrogens with one attached hydrogen (secondary N) is 1. The molecule has 0 saturated carbocycles. The first-order valence-electron chi connectivity index (χ1n) is 8.72. The Balaban J connectivity index is 1.54. The van der Waals surface area contributed by atoms with Gasteiger partial charge in [-0.15, -0.1) is 0 Å². The van der Waals surface area contributed by atoms with E-state index in [1.165, 1.54) is 17.3 Å². The molecule has 144 valence electrons. The summed E-state index contributed by atoms with van der Waals surface area (Å²) in [6.45, 7) is 2.54. The van der Waals surface area contributed by atoms with Crippen molar-refractivity contribution in [3.8, 4) is 5.75 Å². The van der Waals surface area contributed by atoms with Crippen molar-refractivity contribution in [3.05, 3.63) is 72.1 Å². The van der Waals surface area contributed by atoms with Crippen molar-refractivity contribution in [2.75, 3.05) is 12.9 Å². The predicted molar refractivity (Wildman–Crippen MR) is 113 cm³/mol. The van der Waals surface area contributed by atoms with E-state index in [1.807, 2.05) is 36.4 Å². The first-order chi connectivity index (χ1) is 13.6. The van der Waals surface area contributed by atoms with Gasteiger partial charge < -0.3 is 10.1 Å². The Morgan fingerprint density at radius 1 is 1.07 bits per heavy atom. The number of aromatic nitrogens is 2. The molecule has 3 rings (SSSR count). The summed E-state index contributed by atoms with van der Waals surface area (Å²) < 4.78 is 5.14. The molecule has 0 aliphatic carbocycles. The number of hydrogen-bond acceptors (Lipinski definition) is 6. The van der Waals surface area contributed by atoms with E-state index in [0.717, 1.165) is 26.3 Å². The maximum absolute atomic E-state index is 12.2. The summed E-state index contributed by atoms with van der Waals surface area (Å²) in [6.07, 6.45) is 3.32. The molecule has 0 fully saturated rings. The first kappa shape index (κ1) is 20.2. The van der Waals surface area contributed by atoms with E-state index < -0.39 is 0 Å². The van der Waals surface area contributed by atoms with Crippen molar-refractivity contribution in [1.82, 2.24) is 15.3 Å². The molecule has 1 aromatic heterocycles. The smallest absolute Gasteiger partial charge is 0.230 e. The van der Waals surface area contributed by atoms with Gasteiger partial charge in [0.1, 0.15) is 15.8 Å².